The molecule has 4 heteroatoms. The van der Waals surface area contributed by atoms with E-state index in [1.165, 1.54) is 17.3 Å². The van der Waals surface area contributed by atoms with Gasteiger partial charge < -0.3 is 10.4 Å². The first kappa shape index (κ1) is 16.1. The fraction of sp³-hybridized carbons (Fsp3) is 0.533. The Morgan fingerprint density at radius 3 is 2.42 bits per heavy atom. The van der Waals surface area contributed by atoms with Gasteiger partial charge in [-0.25, -0.2) is 0 Å². The van der Waals surface area contributed by atoms with Crippen LogP contribution < -0.4 is 5.32 Å². The van der Waals surface area contributed by atoms with Crippen LogP contribution in [0.1, 0.15) is 32.8 Å². The Bertz CT molecular complexity index is 390. The molecule has 1 aromatic carbocycles. The predicted molar refractivity (Wildman–Crippen MR) is 80.6 cm³/mol. The lowest BCUT2D eigenvalue weighted by Crippen LogP contribution is -2.18. The van der Waals surface area contributed by atoms with E-state index in [9.17, 15) is 4.79 Å². The van der Waals surface area contributed by atoms with Crippen LogP contribution in [0.3, 0.4) is 0 Å². The summed E-state index contributed by atoms with van der Waals surface area (Å²) < 4.78 is 0. The highest BCUT2D eigenvalue weighted by molar-refractivity contribution is 8.00. The minimum Gasteiger partial charge on any atom is -0.480 e. The minimum absolute atomic E-state index is 0.357. The van der Waals surface area contributed by atoms with Crippen molar-refractivity contribution in [2.24, 2.45) is 5.92 Å². The Hall–Kier alpha value is -1.00. The molecule has 0 aliphatic carbocycles. The van der Waals surface area contributed by atoms with Gasteiger partial charge in [-0.05, 0) is 36.6 Å². The van der Waals surface area contributed by atoms with Gasteiger partial charge in [0.2, 0.25) is 0 Å². The zero-order chi connectivity index (χ0) is 14.3. The molecule has 2 N–H and O–H groups in total. The molecule has 0 fully saturated rings. The van der Waals surface area contributed by atoms with Gasteiger partial charge in [-0.2, -0.15) is 0 Å². The Kier molecular flexibility index (Phi) is 6.95. The molecule has 0 saturated heterocycles. The average Bonchev–Trinajstić information content (AvgIpc) is 2.37. The third-order valence-electron chi connectivity index (χ3n) is 2.73. The van der Waals surface area contributed by atoms with Crippen LogP contribution in [0.5, 0.6) is 0 Å². The highest BCUT2D eigenvalue weighted by atomic mass is 32.2. The number of carboxylic acids is 1. The summed E-state index contributed by atoms with van der Waals surface area (Å²) in [6.07, 6.45) is 0.637. The number of hydrogen-bond acceptors (Lipinski definition) is 3. The molecule has 0 aliphatic heterocycles. The van der Waals surface area contributed by atoms with Crippen LogP contribution in [-0.2, 0) is 11.3 Å². The summed E-state index contributed by atoms with van der Waals surface area (Å²) in [5, 5.41) is 12.1. The maximum atomic E-state index is 11.0. The number of carboxylic acid groups (broad SMARTS) is 1. The van der Waals surface area contributed by atoms with Gasteiger partial charge in [0.05, 0.1) is 0 Å². The van der Waals surface area contributed by atoms with Crippen LogP contribution in [0, 0.1) is 5.92 Å². The Morgan fingerprint density at radius 2 is 1.95 bits per heavy atom. The lowest BCUT2D eigenvalue weighted by Gasteiger charge is -2.10. The topological polar surface area (TPSA) is 49.3 Å². The standard InChI is InChI=1S/C15H23NO2S/c1-4-14(15(17)18)19-13-7-5-12(6-8-13)10-16-9-11(2)3/h5-8,11,14,16H,4,9-10H2,1-3H3,(H,17,18). The number of thioether (sulfide) groups is 1. The second-order valence-electron chi connectivity index (χ2n) is 5.02. The maximum absolute atomic E-state index is 11.0. The first-order valence-electron chi connectivity index (χ1n) is 6.72. The van der Waals surface area contributed by atoms with Gasteiger partial charge in [0, 0.05) is 11.4 Å². The van der Waals surface area contributed by atoms with Crippen molar-refractivity contribution in [3.8, 4) is 0 Å². The lowest BCUT2D eigenvalue weighted by molar-refractivity contribution is -0.136. The van der Waals surface area contributed by atoms with Crippen molar-refractivity contribution in [3.63, 3.8) is 0 Å². The zero-order valence-electron chi connectivity index (χ0n) is 11.8. The van der Waals surface area contributed by atoms with E-state index >= 15 is 0 Å². The Labute approximate surface area is 119 Å². The van der Waals surface area contributed by atoms with Gasteiger partial charge in [-0.3, -0.25) is 4.79 Å². The Balaban J connectivity index is 2.49. The largest absolute Gasteiger partial charge is 0.480 e. The van der Waals surface area contributed by atoms with E-state index in [4.69, 9.17) is 5.11 Å². The maximum Gasteiger partial charge on any atom is 0.316 e. The summed E-state index contributed by atoms with van der Waals surface area (Å²) in [6, 6.07) is 8.12. The monoisotopic (exact) mass is 281 g/mol. The van der Waals surface area contributed by atoms with Crippen molar-refractivity contribution in [2.75, 3.05) is 6.54 Å². The average molecular weight is 281 g/mol. The molecule has 106 valence electrons. The van der Waals surface area contributed by atoms with E-state index in [2.05, 4.69) is 31.3 Å². The van der Waals surface area contributed by atoms with E-state index in [1.54, 1.807) is 0 Å². The van der Waals surface area contributed by atoms with Crippen LogP contribution in [0.25, 0.3) is 0 Å². The quantitative estimate of drug-likeness (QED) is 0.717. The third-order valence-corrected chi connectivity index (χ3v) is 4.09. The van der Waals surface area contributed by atoms with Crippen LogP contribution in [0.2, 0.25) is 0 Å². The summed E-state index contributed by atoms with van der Waals surface area (Å²) in [5.74, 6) is -0.0918. The van der Waals surface area contributed by atoms with Gasteiger partial charge in [-0.1, -0.05) is 32.9 Å². The van der Waals surface area contributed by atoms with E-state index in [1.807, 2.05) is 19.1 Å². The van der Waals surface area contributed by atoms with Gasteiger partial charge in [0.1, 0.15) is 5.25 Å². The van der Waals surface area contributed by atoms with E-state index in [0.29, 0.717) is 12.3 Å². The van der Waals surface area contributed by atoms with Crippen LogP contribution >= 0.6 is 11.8 Å². The van der Waals surface area contributed by atoms with Gasteiger partial charge >= 0.3 is 5.97 Å². The van der Waals surface area contributed by atoms with E-state index in [-0.39, 0.29) is 5.25 Å². The van der Waals surface area contributed by atoms with Crippen molar-refractivity contribution in [1.29, 1.82) is 0 Å². The van der Waals surface area contributed by atoms with Crippen LogP contribution in [0.15, 0.2) is 29.2 Å². The lowest BCUT2D eigenvalue weighted by atomic mass is 10.2. The first-order valence-corrected chi connectivity index (χ1v) is 7.60. The molecule has 1 unspecified atom stereocenters. The Morgan fingerprint density at radius 1 is 1.32 bits per heavy atom. The number of carbonyl (C=O) groups is 1. The fourth-order valence-corrected chi connectivity index (χ4v) is 2.55. The number of benzene rings is 1. The molecule has 0 spiro atoms. The molecule has 1 atom stereocenters. The molecule has 0 aromatic heterocycles. The highest BCUT2D eigenvalue weighted by Gasteiger charge is 2.15. The molecular weight excluding hydrogens is 258 g/mol. The van der Waals surface area contributed by atoms with E-state index < -0.39 is 5.97 Å². The van der Waals surface area contributed by atoms with Crippen molar-refractivity contribution in [3.05, 3.63) is 29.8 Å². The molecule has 0 aliphatic rings. The second kappa shape index (κ2) is 8.23. The number of nitrogens with one attached hydrogen (secondary N) is 1. The number of hydrogen-bond donors (Lipinski definition) is 2. The highest BCUT2D eigenvalue weighted by Crippen LogP contribution is 2.25. The summed E-state index contributed by atoms with van der Waals surface area (Å²) >= 11 is 1.41. The van der Waals surface area contributed by atoms with Gasteiger partial charge in [0.25, 0.3) is 0 Å². The van der Waals surface area contributed by atoms with Crippen molar-refractivity contribution in [2.45, 2.75) is 43.9 Å². The summed E-state index contributed by atoms with van der Waals surface area (Å²) in [6.45, 7) is 8.13. The smallest absolute Gasteiger partial charge is 0.316 e. The SMILES string of the molecule is CCC(Sc1ccc(CNCC(C)C)cc1)C(=O)O. The molecule has 19 heavy (non-hydrogen) atoms. The van der Waals surface area contributed by atoms with Crippen molar-refractivity contribution < 1.29 is 9.90 Å². The number of rotatable bonds is 8. The normalized spacial score (nSPS) is 12.6. The molecule has 1 aromatic rings. The molecule has 0 bridgehead atoms. The van der Waals surface area contributed by atoms with Gasteiger partial charge in [0.15, 0.2) is 0 Å². The van der Waals surface area contributed by atoms with Gasteiger partial charge in [-0.15, -0.1) is 11.8 Å². The van der Waals surface area contributed by atoms with Crippen LogP contribution in [0.4, 0.5) is 0 Å². The molecule has 3 nitrogen and oxygen atoms in total. The summed E-state index contributed by atoms with van der Waals surface area (Å²) in [7, 11) is 0. The number of aliphatic carboxylic acids is 1. The summed E-state index contributed by atoms with van der Waals surface area (Å²) in [5.41, 5.74) is 1.23. The summed E-state index contributed by atoms with van der Waals surface area (Å²) in [4.78, 5) is 12.0. The second-order valence-corrected chi connectivity index (χ2v) is 6.30. The van der Waals surface area contributed by atoms with Crippen molar-refractivity contribution in [1.82, 2.24) is 5.32 Å². The van der Waals surface area contributed by atoms with Crippen molar-refractivity contribution >= 4 is 17.7 Å². The molecule has 0 heterocycles. The minimum atomic E-state index is -0.741. The molecule has 0 amide bonds. The fourth-order valence-electron chi connectivity index (χ4n) is 1.66. The molecule has 0 radical (unpaired) electrons. The molecule has 1 rings (SSSR count). The van der Waals surface area contributed by atoms with E-state index in [0.717, 1.165) is 18.0 Å². The zero-order valence-corrected chi connectivity index (χ0v) is 12.7. The van der Waals surface area contributed by atoms with Crippen LogP contribution in [-0.4, -0.2) is 22.9 Å². The molecular formula is C15H23NO2S. The molecule has 0 saturated carbocycles. The third kappa shape index (κ3) is 6.12. The first-order chi connectivity index (χ1) is 9.02. The predicted octanol–water partition coefficient (Wildman–Crippen LogP) is 3.39.